The molecule has 5 nitrogen and oxygen atoms in total. The average molecular weight is 290 g/mol. The minimum Gasteiger partial charge on any atom is -0.363 e. The summed E-state index contributed by atoms with van der Waals surface area (Å²) in [4.78, 5) is 20.6. The van der Waals surface area contributed by atoms with Gasteiger partial charge >= 0.3 is 6.03 Å². The van der Waals surface area contributed by atoms with Gasteiger partial charge in [0.2, 0.25) is 0 Å². The lowest BCUT2D eigenvalue weighted by molar-refractivity contribution is 0.148. The number of nitrogens with one attached hydrogen (secondary N) is 1. The molecule has 21 heavy (non-hydrogen) atoms. The summed E-state index contributed by atoms with van der Waals surface area (Å²) in [6, 6.07) is 4.41. The van der Waals surface area contributed by atoms with Crippen LogP contribution in [-0.4, -0.2) is 42.6 Å². The molecular weight excluding hydrogens is 264 g/mol. The Labute approximate surface area is 127 Å². The van der Waals surface area contributed by atoms with Gasteiger partial charge in [-0.1, -0.05) is 6.92 Å². The predicted molar refractivity (Wildman–Crippen MR) is 85.4 cm³/mol. The Morgan fingerprint density at radius 3 is 3.00 bits per heavy atom. The van der Waals surface area contributed by atoms with Gasteiger partial charge in [-0.3, -0.25) is 0 Å². The van der Waals surface area contributed by atoms with Crippen LogP contribution < -0.4 is 10.2 Å². The molecule has 2 heterocycles. The molecule has 1 unspecified atom stereocenters. The van der Waals surface area contributed by atoms with Gasteiger partial charge in [-0.2, -0.15) is 0 Å². The zero-order chi connectivity index (χ0) is 15.2. The summed E-state index contributed by atoms with van der Waals surface area (Å²) in [5.74, 6) is 0.908. The first-order chi connectivity index (χ1) is 10.1. The number of aromatic nitrogens is 1. The fourth-order valence-corrected chi connectivity index (χ4v) is 2.79. The van der Waals surface area contributed by atoms with Gasteiger partial charge in [0.1, 0.15) is 5.82 Å². The third kappa shape index (κ3) is 4.09. The predicted octanol–water partition coefficient (Wildman–Crippen LogP) is 2.62. The Morgan fingerprint density at radius 1 is 1.48 bits per heavy atom. The van der Waals surface area contributed by atoms with E-state index in [1.165, 1.54) is 6.42 Å². The zero-order valence-corrected chi connectivity index (χ0v) is 13.3. The number of carbonyl (C=O) groups is 1. The quantitative estimate of drug-likeness (QED) is 0.927. The fourth-order valence-electron chi connectivity index (χ4n) is 2.79. The van der Waals surface area contributed by atoms with Crippen molar-refractivity contribution in [2.45, 2.75) is 45.2 Å². The molecule has 0 bridgehead atoms. The minimum absolute atomic E-state index is 0.0600. The highest BCUT2D eigenvalue weighted by molar-refractivity contribution is 5.74. The number of hydrogen-bond donors (Lipinski definition) is 1. The molecule has 0 saturated carbocycles. The van der Waals surface area contributed by atoms with Crippen LogP contribution in [0, 0.1) is 0 Å². The number of hydrogen-bond acceptors (Lipinski definition) is 3. The number of piperidine rings is 1. The maximum absolute atomic E-state index is 12.3. The molecule has 1 saturated heterocycles. The lowest BCUT2D eigenvalue weighted by Gasteiger charge is -2.35. The molecular formula is C16H26N4O. The molecule has 1 N–H and O–H groups in total. The van der Waals surface area contributed by atoms with Crippen LogP contribution in [0.1, 0.15) is 38.2 Å². The van der Waals surface area contributed by atoms with Crippen LogP contribution in [-0.2, 0) is 6.54 Å². The summed E-state index contributed by atoms with van der Waals surface area (Å²) in [6.07, 6.45) is 6.30. The fraction of sp³-hybridized carbons (Fsp3) is 0.625. The van der Waals surface area contributed by atoms with Gasteiger partial charge in [0.25, 0.3) is 0 Å². The third-order valence-electron chi connectivity index (χ3n) is 4.07. The molecule has 1 aromatic heterocycles. The van der Waals surface area contributed by atoms with Crippen molar-refractivity contribution in [3.05, 3.63) is 23.9 Å². The molecule has 1 fully saturated rings. The van der Waals surface area contributed by atoms with E-state index in [4.69, 9.17) is 0 Å². The summed E-state index contributed by atoms with van der Waals surface area (Å²) in [6.45, 7) is 3.58. The van der Waals surface area contributed by atoms with Gasteiger partial charge in [0, 0.05) is 39.4 Å². The van der Waals surface area contributed by atoms with Crippen molar-refractivity contribution in [3.63, 3.8) is 0 Å². The lowest BCUT2D eigenvalue weighted by Crippen LogP contribution is -2.48. The maximum Gasteiger partial charge on any atom is 0.317 e. The second-order valence-electron chi connectivity index (χ2n) is 5.83. The molecule has 0 aromatic carbocycles. The number of pyridine rings is 1. The Kier molecular flexibility index (Phi) is 5.42. The Bertz CT molecular complexity index is 475. The molecule has 0 radical (unpaired) electrons. The van der Waals surface area contributed by atoms with E-state index in [9.17, 15) is 4.79 Å². The Morgan fingerprint density at radius 2 is 2.29 bits per heavy atom. The van der Waals surface area contributed by atoms with Crippen LogP contribution >= 0.6 is 0 Å². The highest BCUT2D eigenvalue weighted by Gasteiger charge is 2.24. The summed E-state index contributed by atoms with van der Waals surface area (Å²) < 4.78 is 0. The first kappa shape index (κ1) is 15.6. The molecule has 1 aromatic rings. The molecule has 0 spiro atoms. The van der Waals surface area contributed by atoms with E-state index in [1.54, 1.807) is 6.20 Å². The standard InChI is InChI=1S/C16H26N4O/c1-4-14-7-5-6-10-20(14)16(21)18-12-13-8-9-17-15(11-13)19(2)3/h8-9,11,14H,4-7,10,12H2,1-3H3,(H,18,21). The van der Waals surface area contributed by atoms with E-state index in [2.05, 4.69) is 17.2 Å². The van der Waals surface area contributed by atoms with E-state index < -0.39 is 0 Å². The Balaban J connectivity index is 1.92. The summed E-state index contributed by atoms with van der Waals surface area (Å²) in [5, 5.41) is 3.04. The number of likely N-dealkylation sites (tertiary alicyclic amines) is 1. The van der Waals surface area contributed by atoms with Crippen LogP contribution in [0.4, 0.5) is 10.6 Å². The number of anilines is 1. The van der Waals surface area contributed by atoms with Crippen LogP contribution in [0.25, 0.3) is 0 Å². The lowest BCUT2D eigenvalue weighted by atomic mass is 10.0. The average Bonchev–Trinajstić information content (AvgIpc) is 2.52. The highest BCUT2D eigenvalue weighted by Crippen LogP contribution is 2.19. The van der Waals surface area contributed by atoms with Gasteiger partial charge in [0.05, 0.1) is 0 Å². The van der Waals surface area contributed by atoms with Gasteiger partial charge < -0.3 is 15.1 Å². The van der Waals surface area contributed by atoms with Crippen LogP contribution in [0.2, 0.25) is 0 Å². The van der Waals surface area contributed by atoms with Crippen molar-refractivity contribution in [1.82, 2.24) is 15.2 Å². The van der Waals surface area contributed by atoms with Crippen LogP contribution in [0.15, 0.2) is 18.3 Å². The minimum atomic E-state index is 0.0600. The van der Waals surface area contributed by atoms with Gasteiger partial charge in [-0.15, -0.1) is 0 Å². The third-order valence-corrected chi connectivity index (χ3v) is 4.07. The molecule has 2 amide bonds. The molecule has 5 heteroatoms. The number of urea groups is 1. The van der Waals surface area contributed by atoms with Crippen LogP contribution in [0.5, 0.6) is 0 Å². The monoisotopic (exact) mass is 290 g/mol. The number of nitrogens with zero attached hydrogens (tertiary/aromatic N) is 3. The van der Waals surface area contributed by atoms with E-state index >= 15 is 0 Å². The Hall–Kier alpha value is -1.78. The number of rotatable bonds is 4. The zero-order valence-electron chi connectivity index (χ0n) is 13.3. The normalized spacial score (nSPS) is 18.4. The van der Waals surface area contributed by atoms with Crippen molar-refractivity contribution < 1.29 is 4.79 Å². The van der Waals surface area contributed by atoms with E-state index in [0.717, 1.165) is 37.2 Å². The summed E-state index contributed by atoms with van der Waals surface area (Å²) >= 11 is 0. The second kappa shape index (κ2) is 7.29. The smallest absolute Gasteiger partial charge is 0.317 e. The van der Waals surface area contributed by atoms with Crippen molar-refractivity contribution in [2.75, 3.05) is 25.5 Å². The van der Waals surface area contributed by atoms with Crippen molar-refractivity contribution in [1.29, 1.82) is 0 Å². The molecule has 116 valence electrons. The maximum atomic E-state index is 12.3. The SMILES string of the molecule is CCC1CCCCN1C(=O)NCc1ccnc(N(C)C)c1. The summed E-state index contributed by atoms with van der Waals surface area (Å²) in [7, 11) is 3.93. The van der Waals surface area contributed by atoms with Crippen LogP contribution in [0.3, 0.4) is 0 Å². The van der Waals surface area contributed by atoms with E-state index in [-0.39, 0.29) is 6.03 Å². The second-order valence-corrected chi connectivity index (χ2v) is 5.83. The van der Waals surface area contributed by atoms with Gasteiger partial charge in [-0.05, 0) is 43.4 Å². The van der Waals surface area contributed by atoms with E-state index in [0.29, 0.717) is 12.6 Å². The molecule has 0 aliphatic carbocycles. The molecule has 1 aliphatic heterocycles. The van der Waals surface area contributed by atoms with Gasteiger partial charge in [0.15, 0.2) is 0 Å². The van der Waals surface area contributed by atoms with Crippen molar-refractivity contribution >= 4 is 11.8 Å². The molecule has 2 rings (SSSR count). The molecule has 1 aliphatic rings. The number of carbonyl (C=O) groups excluding carboxylic acids is 1. The van der Waals surface area contributed by atoms with E-state index in [1.807, 2.05) is 36.0 Å². The first-order valence-corrected chi connectivity index (χ1v) is 7.78. The van der Waals surface area contributed by atoms with Crippen molar-refractivity contribution in [2.24, 2.45) is 0 Å². The van der Waals surface area contributed by atoms with Crippen molar-refractivity contribution in [3.8, 4) is 0 Å². The summed E-state index contributed by atoms with van der Waals surface area (Å²) in [5.41, 5.74) is 1.08. The largest absolute Gasteiger partial charge is 0.363 e. The molecule has 1 atom stereocenters. The number of amides is 2. The topological polar surface area (TPSA) is 48.5 Å². The first-order valence-electron chi connectivity index (χ1n) is 7.78. The highest BCUT2D eigenvalue weighted by atomic mass is 16.2. The van der Waals surface area contributed by atoms with Gasteiger partial charge in [-0.25, -0.2) is 9.78 Å².